The van der Waals surface area contributed by atoms with E-state index in [-0.39, 0.29) is 24.3 Å². The molecule has 0 saturated carbocycles. The van der Waals surface area contributed by atoms with Crippen molar-refractivity contribution in [2.45, 2.75) is 44.1 Å². The molecule has 2 aliphatic heterocycles. The van der Waals surface area contributed by atoms with Crippen molar-refractivity contribution in [2.24, 2.45) is 0 Å². The molecular weight excluding hydrogens is 504 g/mol. The molecule has 0 N–H and O–H groups in total. The molecule has 0 amide bonds. The van der Waals surface area contributed by atoms with Crippen molar-refractivity contribution in [3.05, 3.63) is 94.3 Å². The van der Waals surface area contributed by atoms with Gasteiger partial charge in [-0.05, 0) is 96.8 Å². The molecule has 38 heavy (non-hydrogen) atoms. The predicted octanol–water partition coefficient (Wildman–Crippen LogP) is 6.39. The van der Waals surface area contributed by atoms with E-state index in [1.54, 1.807) is 12.1 Å². The highest BCUT2D eigenvalue weighted by Crippen LogP contribution is 2.42. The van der Waals surface area contributed by atoms with Crippen molar-refractivity contribution < 1.29 is 21.9 Å². The van der Waals surface area contributed by atoms with Gasteiger partial charge in [0.05, 0.1) is 17.3 Å². The number of fused-ring (bicyclic) bond motifs is 1. The standard InChI is InChI=1S/C31H33F2NO3S/c1-21-4-10-29-30(18-21)38(35,36)17-13-28(27-11-7-24(33)19-22(27)2)31(29)23-5-8-25(9-6-23)37-26-12-16-34(20-26)15-3-14-32/h4-11,18-19,26H,3,12-17,20H2,1-2H3/t26-/m0/s1. The van der Waals surface area contributed by atoms with Crippen LogP contribution in [0, 0.1) is 19.7 Å². The smallest absolute Gasteiger partial charge is 0.179 e. The number of likely N-dealkylation sites (tertiary alicyclic amines) is 1. The van der Waals surface area contributed by atoms with Crippen LogP contribution in [0.3, 0.4) is 0 Å². The molecule has 200 valence electrons. The van der Waals surface area contributed by atoms with Crippen LogP contribution in [0.1, 0.15) is 47.1 Å². The number of allylic oxidation sites excluding steroid dienone is 1. The average Bonchev–Trinajstić information content (AvgIpc) is 3.29. The van der Waals surface area contributed by atoms with Crippen LogP contribution in [0.25, 0.3) is 11.1 Å². The van der Waals surface area contributed by atoms with E-state index in [2.05, 4.69) is 4.90 Å². The molecule has 5 rings (SSSR count). The summed E-state index contributed by atoms with van der Waals surface area (Å²) < 4.78 is 59.4. The first-order chi connectivity index (χ1) is 18.2. The predicted molar refractivity (Wildman–Crippen MR) is 147 cm³/mol. The van der Waals surface area contributed by atoms with Crippen LogP contribution in [0.5, 0.6) is 5.75 Å². The monoisotopic (exact) mass is 537 g/mol. The lowest BCUT2D eigenvalue weighted by Gasteiger charge is -2.19. The van der Waals surface area contributed by atoms with E-state index in [1.807, 2.05) is 50.2 Å². The number of alkyl halides is 1. The highest BCUT2D eigenvalue weighted by atomic mass is 32.2. The van der Waals surface area contributed by atoms with Gasteiger partial charge in [0.1, 0.15) is 17.7 Å². The number of nitrogens with zero attached hydrogens (tertiary/aromatic N) is 1. The number of hydrogen-bond donors (Lipinski definition) is 0. The maximum absolute atomic E-state index is 14.0. The summed E-state index contributed by atoms with van der Waals surface area (Å²) >= 11 is 0. The van der Waals surface area contributed by atoms with Gasteiger partial charge in [0, 0.05) is 25.2 Å². The molecule has 2 aliphatic rings. The number of rotatable bonds is 7. The third-order valence-corrected chi connectivity index (χ3v) is 9.21. The Hall–Kier alpha value is -3.03. The van der Waals surface area contributed by atoms with Crippen LogP contribution in [-0.2, 0) is 9.84 Å². The molecule has 0 bridgehead atoms. The number of benzene rings is 3. The summed E-state index contributed by atoms with van der Waals surface area (Å²) in [6.07, 6.45) is 1.83. The summed E-state index contributed by atoms with van der Waals surface area (Å²) in [5.74, 6) is 0.417. The van der Waals surface area contributed by atoms with Crippen molar-refractivity contribution >= 4 is 21.0 Å². The average molecular weight is 538 g/mol. The molecule has 3 aromatic rings. The molecule has 0 unspecified atom stereocenters. The Morgan fingerprint density at radius 3 is 2.50 bits per heavy atom. The van der Waals surface area contributed by atoms with Gasteiger partial charge in [0.15, 0.2) is 9.84 Å². The Kier molecular flexibility index (Phi) is 7.68. The van der Waals surface area contributed by atoms with Gasteiger partial charge in [-0.1, -0.05) is 30.3 Å². The minimum Gasteiger partial charge on any atom is -0.489 e. The van der Waals surface area contributed by atoms with Crippen molar-refractivity contribution in [3.8, 4) is 5.75 Å². The van der Waals surface area contributed by atoms with Gasteiger partial charge in [0.2, 0.25) is 0 Å². The number of sulfone groups is 1. The van der Waals surface area contributed by atoms with Gasteiger partial charge in [-0.15, -0.1) is 0 Å². The van der Waals surface area contributed by atoms with Gasteiger partial charge >= 0.3 is 0 Å². The molecule has 0 aromatic heterocycles. The fourth-order valence-corrected chi connectivity index (χ4v) is 7.13. The minimum atomic E-state index is -3.51. The second kappa shape index (κ2) is 11.0. The summed E-state index contributed by atoms with van der Waals surface area (Å²) in [6, 6.07) is 18.0. The van der Waals surface area contributed by atoms with Crippen LogP contribution in [0.2, 0.25) is 0 Å². The van der Waals surface area contributed by atoms with Gasteiger partial charge in [-0.25, -0.2) is 12.8 Å². The zero-order chi connectivity index (χ0) is 26.9. The maximum atomic E-state index is 14.0. The Morgan fingerprint density at radius 2 is 1.76 bits per heavy atom. The summed E-state index contributed by atoms with van der Waals surface area (Å²) in [4.78, 5) is 2.56. The van der Waals surface area contributed by atoms with E-state index in [9.17, 15) is 17.2 Å². The van der Waals surface area contributed by atoms with E-state index in [1.165, 1.54) is 12.1 Å². The highest BCUT2D eigenvalue weighted by Gasteiger charge is 2.29. The molecule has 3 aromatic carbocycles. The molecule has 0 spiro atoms. The van der Waals surface area contributed by atoms with Crippen molar-refractivity contribution in [2.75, 3.05) is 32.1 Å². The Labute approximate surface area is 223 Å². The molecule has 1 saturated heterocycles. The quantitative estimate of drug-likeness (QED) is 0.350. The first kappa shape index (κ1) is 26.6. The fourth-order valence-electron chi connectivity index (χ4n) is 5.56. The molecule has 1 atom stereocenters. The summed E-state index contributed by atoms with van der Waals surface area (Å²) in [7, 11) is -3.51. The van der Waals surface area contributed by atoms with E-state index in [0.717, 1.165) is 65.2 Å². The van der Waals surface area contributed by atoms with Crippen molar-refractivity contribution in [1.29, 1.82) is 0 Å². The number of hydrogen-bond acceptors (Lipinski definition) is 4. The molecule has 0 aliphatic carbocycles. The van der Waals surface area contributed by atoms with Crippen LogP contribution >= 0.6 is 0 Å². The van der Waals surface area contributed by atoms with Crippen LogP contribution in [0.15, 0.2) is 65.6 Å². The van der Waals surface area contributed by atoms with Crippen LogP contribution in [-0.4, -0.2) is 51.5 Å². The largest absolute Gasteiger partial charge is 0.489 e. The number of halogens is 2. The summed E-state index contributed by atoms with van der Waals surface area (Å²) in [5, 5.41) is 0. The maximum Gasteiger partial charge on any atom is 0.179 e. The lowest BCUT2D eigenvalue weighted by Crippen LogP contribution is -2.26. The number of aryl methyl sites for hydroxylation is 2. The first-order valence-corrected chi connectivity index (χ1v) is 14.8. The third-order valence-electron chi connectivity index (χ3n) is 7.46. The van der Waals surface area contributed by atoms with Crippen molar-refractivity contribution in [1.82, 2.24) is 4.90 Å². The molecule has 0 radical (unpaired) electrons. The SMILES string of the molecule is Cc1ccc2c(c1)S(=O)(=O)CCC(c1ccc(F)cc1C)=C2c1ccc(O[C@H]2CCN(CCCF)C2)cc1. The first-order valence-electron chi connectivity index (χ1n) is 13.1. The van der Waals surface area contributed by atoms with Gasteiger partial charge in [0.25, 0.3) is 0 Å². The van der Waals surface area contributed by atoms with Crippen molar-refractivity contribution in [3.63, 3.8) is 0 Å². The molecule has 2 heterocycles. The fraction of sp³-hybridized carbons (Fsp3) is 0.355. The zero-order valence-electron chi connectivity index (χ0n) is 21.8. The van der Waals surface area contributed by atoms with E-state index in [4.69, 9.17) is 4.74 Å². The highest BCUT2D eigenvalue weighted by molar-refractivity contribution is 7.91. The van der Waals surface area contributed by atoms with Crippen LogP contribution in [0.4, 0.5) is 8.78 Å². The van der Waals surface area contributed by atoms with E-state index >= 15 is 0 Å². The van der Waals surface area contributed by atoms with E-state index in [0.29, 0.717) is 23.3 Å². The Morgan fingerprint density at radius 1 is 1.00 bits per heavy atom. The van der Waals surface area contributed by atoms with Gasteiger partial charge in [-0.2, -0.15) is 0 Å². The van der Waals surface area contributed by atoms with E-state index < -0.39 is 9.84 Å². The molecular formula is C31H33F2NO3S. The van der Waals surface area contributed by atoms with Gasteiger partial charge in [-0.3, -0.25) is 9.29 Å². The summed E-state index contributed by atoms with van der Waals surface area (Å²) in [6.45, 7) is 5.88. The molecule has 1 fully saturated rings. The zero-order valence-corrected chi connectivity index (χ0v) is 22.7. The Balaban J connectivity index is 1.55. The Bertz CT molecular complexity index is 1460. The normalized spacial score (nSPS) is 19.3. The van der Waals surface area contributed by atoms with Crippen LogP contribution < -0.4 is 4.74 Å². The second-order valence-corrected chi connectivity index (χ2v) is 12.4. The molecule has 7 heteroatoms. The lowest BCUT2D eigenvalue weighted by molar-refractivity contribution is 0.198. The summed E-state index contributed by atoms with van der Waals surface area (Å²) in [5.41, 5.74) is 5.79. The number of ether oxygens (including phenoxy) is 1. The topological polar surface area (TPSA) is 46.6 Å². The lowest BCUT2D eigenvalue weighted by atomic mass is 9.86. The second-order valence-electron chi connectivity index (χ2n) is 10.3. The molecule has 4 nitrogen and oxygen atoms in total. The van der Waals surface area contributed by atoms with Gasteiger partial charge < -0.3 is 4.74 Å². The minimum absolute atomic E-state index is 0.0130. The third kappa shape index (κ3) is 5.54.